The van der Waals surface area contributed by atoms with E-state index >= 15 is 0 Å². The van der Waals surface area contributed by atoms with Crippen LogP contribution in [0.2, 0.25) is 0 Å². The van der Waals surface area contributed by atoms with Crippen LogP contribution in [0.1, 0.15) is 12.5 Å². The molecular formula is C17H18FN3O. The van der Waals surface area contributed by atoms with Crippen molar-refractivity contribution in [3.63, 3.8) is 0 Å². The number of para-hydroxylation sites is 2. The number of imidazole rings is 1. The molecule has 0 fully saturated rings. The molecule has 0 aliphatic rings. The molecule has 0 aliphatic heterocycles. The SMILES string of the molecule is CC(O)CNc1nc2ccccc2n1Cc1ccccc1F. The van der Waals surface area contributed by atoms with Crippen molar-refractivity contribution in [1.82, 2.24) is 9.55 Å². The van der Waals surface area contributed by atoms with Gasteiger partial charge in [0.15, 0.2) is 0 Å². The van der Waals surface area contributed by atoms with E-state index < -0.39 is 6.10 Å². The van der Waals surface area contributed by atoms with Gasteiger partial charge >= 0.3 is 0 Å². The molecular weight excluding hydrogens is 281 g/mol. The van der Waals surface area contributed by atoms with E-state index in [-0.39, 0.29) is 5.82 Å². The van der Waals surface area contributed by atoms with Crippen LogP contribution in [0.4, 0.5) is 10.3 Å². The lowest BCUT2D eigenvalue weighted by molar-refractivity contribution is 0.208. The molecule has 0 saturated carbocycles. The number of anilines is 1. The first kappa shape index (κ1) is 14.5. The average Bonchev–Trinajstić information content (AvgIpc) is 2.85. The Morgan fingerprint density at radius 1 is 1.18 bits per heavy atom. The number of halogens is 1. The predicted octanol–water partition coefficient (Wildman–Crippen LogP) is 3.02. The molecule has 0 aliphatic carbocycles. The summed E-state index contributed by atoms with van der Waals surface area (Å²) in [6.07, 6.45) is -0.485. The topological polar surface area (TPSA) is 50.1 Å². The highest BCUT2D eigenvalue weighted by Crippen LogP contribution is 2.22. The Kier molecular flexibility index (Phi) is 4.06. The Labute approximate surface area is 128 Å². The van der Waals surface area contributed by atoms with Gasteiger partial charge in [-0.2, -0.15) is 0 Å². The van der Waals surface area contributed by atoms with E-state index in [0.717, 1.165) is 11.0 Å². The molecule has 1 unspecified atom stereocenters. The summed E-state index contributed by atoms with van der Waals surface area (Å²) in [5, 5.41) is 12.6. The summed E-state index contributed by atoms with van der Waals surface area (Å²) in [6, 6.07) is 14.4. The zero-order valence-corrected chi connectivity index (χ0v) is 12.3. The molecule has 0 saturated heterocycles. The van der Waals surface area contributed by atoms with Crippen LogP contribution in [0.15, 0.2) is 48.5 Å². The summed E-state index contributed by atoms with van der Waals surface area (Å²) in [6.45, 7) is 2.48. The Hall–Kier alpha value is -2.40. The van der Waals surface area contributed by atoms with Gasteiger partial charge in [-0.3, -0.25) is 0 Å². The van der Waals surface area contributed by atoms with Crippen LogP contribution in [-0.4, -0.2) is 27.3 Å². The van der Waals surface area contributed by atoms with Crippen LogP contribution >= 0.6 is 0 Å². The summed E-state index contributed by atoms with van der Waals surface area (Å²) in [5.41, 5.74) is 2.37. The molecule has 0 amide bonds. The van der Waals surface area contributed by atoms with Crippen molar-refractivity contribution < 1.29 is 9.50 Å². The van der Waals surface area contributed by atoms with Gasteiger partial charge in [-0.25, -0.2) is 9.37 Å². The van der Waals surface area contributed by atoms with Gasteiger partial charge in [0.2, 0.25) is 5.95 Å². The molecule has 5 heteroatoms. The third kappa shape index (κ3) is 2.94. The van der Waals surface area contributed by atoms with E-state index in [1.54, 1.807) is 19.1 Å². The molecule has 3 aromatic rings. The minimum absolute atomic E-state index is 0.234. The molecule has 0 radical (unpaired) electrons. The Balaban J connectivity index is 2.01. The standard InChI is InChI=1S/C17H18FN3O/c1-12(22)10-19-17-20-15-8-4-5-9-16(15)21(17)11-13-6-2-3-7-14(13)18/h2-9,12,22H,10-11H2,1H3,(H,19,20). The summed E-state index contributed by atoms with van der Waals surface area (Å²) in [4.78, 5) is 4.53. The van der Waals surface area contributed by atoms with Gasteiger partial charge in [0.05, 0.1) is 23.7 Å². The largest absolute Gasteiger partial charge is 0.392 e. The number of rotatable bonds is 5. The van der Waals surface area contributed by atoms with E-state index in [1.165, 1.54) is 6.07 Å². The van der Waals surface area contributed by atoms with Gasteiger partial charge in [0, 0.05) is 12.1 Å². The maximum absolute atomic E-state index is 13.9. The molecule has 2 aromatic carbocycles. The highest BCUT2D eigenvalue weighted by molar-refractivity contribution is 5.78. The van der Waals surface area contributed by atoms with Crippen molar-refractivity contribution in [2.45, 2.75) is 19.6 Å². The van der Waals surface area contributed by atoms with Crippen molar-refractivity contribution in [3.8, 4) is 0 Å². The smallest absolute Gasteiger partial charge is 0.204 e. The molecule has 0 spiro atoms. The van der Waals surface area contributed by atoms with Crippen LogP contribution in [-0.2, 0) is 6.54 Å². The maximum Gasteiger partial charge on any atom is 0.204 e. The normalized spacial score (nSPS) is 12.5. The Bertz CT molecular complexity index is 782. The van der Waals surface area contributed by atoms with Gasteiger partial charge in [-0.15, -0.1) is 0 Å². The number of fused-ring (bicyclic) bond motifs is 1. The highest BCUT2D eigenvalue weighted by Gasteiger charge is 2.12. The molecule has 2 N–H and O–H groups in total. The summed E-state index contributed by atoms with van der Waals surface area (Å²) < 4.78 is 15.9. The second-order valence-corrected chi connectivity index (χ2v) is 5.33. The summed E-state index contributed by atoms with van der Waals surface area (Å²) in [5.74, 6) is 0.395. The predicted molar refractivity (Wildman–Crippen MR) is 85.4 cm³/mol. The number of aromatic nitrogens is 2. The molecule has 1 atom stereocenters. The molecule has 1 aromatic heterocycles. The van der Waals surface area contributed by atoms with E-state index in [9.17, 15) is 9.50 Å². The fourth-order valence-corrected chi connectivity index (χ4v) is 2.41. The molecule has 114 valence electrons. The van der Waals surface area contributed by atoms with Crippen molar-refractivity contribution >= 4 is 17.0 Å². The monoisotopic (exact) mass is 299 g/mol. The maximum atomic E-state index is 13.9. The lowest BCUT2D eigenvalue weighted by Gasteiger charge is -2.12. The Morgan fingerprint density at radius 3 is 2.68 bits per heavy atom. The fourth-order valence-electron chi connectivity index (χ4n) is 2.41. The second-order valence-electron chi connectivity index (χ2n) is 5.33. The molecule has 0 bridgehead atoms. The quantitative estimate of drug-likeness (QED) is 0.761. The third-order valence-corrected chi connectivity index (χ3v) is 3.50. The molecule has 22 heavy (non-hydrogen) atoms. The number of aliphatic hydroxyl groups excluding tert-OH is 1. The first-order valence-electron chi connectivity index (χ1n) is 7.26. The van der Waals surface area contributed by atoms with Crippen molar-refractivity contribution in [2.75, 3.05) is 11.9 Å². The summed E-state index contributed by atoms with van der Waals surface area (Å²) in [7, 11) is 0. The van der Waals surface area contributed by atoms with Crippen LogP contribution in [0.25, 0.3) is 11.0 Å². The molecule has 4 nitrogen and oxygen atoms in total. The number of nitrogens with zero attached hydrogens (tertiary/aromatic N) is 2. The summed E-state index contributed by atoms with van der Waals surface area (Å²) >= 11 is 0. The van der Waals surface area contributed by atoms with Crippen molar-refractivity contribution in [1.29, 1.82) is 0 Å². The van der Waals surface area contributed by atoms with E-state index in [0.29, 0.717) is 24.6 Å². The number of hydrogen-bond acceptors (Lipinski definition) is 3. The molecule has 3 rings (SSSR count). The first-order valence-corrected chi connectivity index (χ1v) is 7.26. The van der Waals surface area contributed by atoms with Crippen LogP contribution < -0.4 is 5.32 Å². The molecule has 1 heterocycles. The van der Waals surface area contributed by atoms with E-state index in [1.807, 2.05) is 34.9 Å². The number of hydrogen-bond donors (Lipinski definition) is 2. The van der Waals surface area contributed by atoms with Gasteiger partial charge in [0.25, 0.3) is 0 Å². The minimum Gasteiger partial charge on any atom is -0.392 e. The number of aliphatic hydroxyl groups is 1. The lowest BCUT2D eigenvalue weighted by Crippen LogP contribution is -2.18. The zero-order valence-electron chi connectivity index (χ0n) is 12.3. The highest BCUT2D eigenvalue weighted by atomic mass is 19.1. The van der Waals surface area contributed by atoms with Crippen LogP contribution in [0.5, 0.6) is 0 Å². The van der Waals surface area contributed by atoms with Crippen molar-refractivity contribution in [2.24, 2.45) is 0 Å². The van der Waals surface area contributed by atoms with Crippen molar-refractivity contribution in [3.05, 3.63) is 59.9 Å². The van der Waals surface area contributed by atoms with Crippen LogP contribution in [0.3, 0.4) is 0 Å². The average molecular weight is 299 g/mol. The first-order chi connectivity index (χ1) is 10.6. The van der Waals surface area contributed by atoms with Gasteiger partial charge < -0.3 is 15.0 Å². The number of nitrogens with one attached hydrogen (secondary N) is 1. The van der Waals surface area contributed by atoms with Gasteiger partial charge in [0.1, 0.15) is 5.82 Å². The van der Waals surface area contributed by atoms with E-state index in [4.69, 9.17) is 0 Å². The number of benzene rings is 2. The van der Waals surface area contributed by atoms with Gasteiger partial charge in [-0.1, -0.05) is 30.3 Å². The Morgan fingerprint density at radius 2 is 1.91 bits per heavy atom. The lowest BCUT2D eigenvalue weighted by atomic mass is 10.2. The zero-order chi connectivity index (χ0) is 15.5. The third-order valence-electron chi connectivity index (χ3n) is 3.50. The second kappa shape index (κ2) is 6.15. The minimum atomic E-state index is -0.485. The fraction of sp³-hybridized carbons (Fsp3) is 0.235. The van der Waals surface area contributed by atoms with E-state index in [2.05, 4.69) is 10.3 Å². The van der Waals surface area contributed by atoms with Gasteiger partial charge in [-0.05, 0) is 25.1 Å². The van der Waals surface area contributed by atoms with Crippen LogP contribution in [0, 0.1) is 5.82 Å².